The third-order valence-electron chi connectivity index (χ3n) is 10.5. The molecule has 3 atom stereocenters. The van der Waals surface area contributed by atoms with E-state index in [9.17, 15) is 9.59 Å². The van der Waals surface area contributed by atoms with Crippen LogP contribution >= 0.6 is 0 Å². The molecule has 0 aromatic heterocycles. The Morgan fingerprint density at radius 3 is 1.42 bits per heavy atom. The average Bonchev–Trinajstić information content (AvgIpc) is 3.13. The molecule has 2 amide bonds. The summed E-state index contributed by atoms with van der Waals surface area (Å²) in [6, 6.07) is 0.0125. The van der Waals surface area contributed by atoms with Gasteiger partial charge in [0, 0.05) is 23.0 Å². The number of unbranched alkanes of at least 4 members (excludes halogenated alkanes) is 19. The Bertz CT molecular complexity index is 759. The lowest BCUT2D eigenvalue weighted by Gasteiger charge is -2.48. The van der Waals surface area contributed by atoms with Crippen LogP contribution < -0.4 is 5.32 Å². The van der Waals surface area contributed by atoms with Crippen LogP contribution in [0.25, 0.3) is 0 Å². The van der Waals surface area contributed by atoms with E-state index in [1.165, 1.54) is 135 Å². The van der Waals surface area contributed by atoms with Gasteiger partial charge in [0.1, 0.15) is 0 Å². The highest BCUT2D eigenvalue weighted by atomic mass is 16.2. The maximum atomic E-state index is 13.5. The molecule has 0 aromatic carbocycles. The first-order valence-corrected chi connectivity index (χ1v) is 19.1. The van der Waals surface area contributed by atoms with Crippen LogP contribution in [0.3, 0.4) is 0 Å². The van der Waals surface area contributed by atoms with Crippen LogP contribution in [0.5, 0.6) is 0 Å². The SMILES string of the molecule is CCCCCCCCCCCCCCCCCCCCCCC(C)CC1C(=O)N(C2CC(C)(C)NC(C)(C)C2)C(=O)C1C. The van der Waals surface area contributed by atoms with E-state index in [-0.39, 0.29) is 40.8 Å². The van der Waals surface area contributed by atoms with E-state index in [4.69, 9.17) is 0 Å². The van der Waals surface area contributed by atoms with Crippen LogP contribution in [-0.2, 0) is 9.59 Å². The topological polar surface area (TPSA) is 49.4 Å². The number of nitrogens with zero attached hydrogens (tertiary/aromatic N) is 1. The van der Waals surface area contributed by atoms with E-state index in [1.807, 2.05) is 6.92 Å². The van der Waals surface area contributed by atoms with Crippen molar-refractivity contribution in [2.75, 3.05) is 0 Å². The highest BCUT2D eigenvalue weighted by Gasteiger charge is 2.51. The molecule has 2 rings (SSSR count). The zero-order chi connectivity index (χ0) is 31.7. The van der Waals surface area contributed by atoms with Crippen molar-refractivity contribution in [2.45, 2.75) is 220 Å². The molecule has 0 saturated carbocycles. The third kappa shape index (κ3) is 14.8. The Morgan fingerprint density at radius 1 is 0.651 bits per heavy atom. The molecular formula is C39H74N2O2. The Hall–Kier alpha value is -0.900. The summed E-state index contributed by atoms with van der Waals surface area (Å²) in [5.74, 6) is 0.367. The second-order valence-electron chi connectivity index (χ2n) is 16.2. The van der Waals surface area contributed by atoms with Gasteiger partial charge in [-0.1, -0.05) is 156 Å². The molecule has 4 nitrogen and oxygen atoms in total. The summed E-state index contributed by atoms with van der Waals surface area (Å²) >= 11 is 0. The van der Waals surface area contributed by atoms with E-state index in [1.54, 1.807) is 4.90 Å². The fraction of sp³-hybridized carbons (Fsp3) is 0.949. The van der Waals surface area contributed by atoms with Gasteiger partial charge in [-0.05, 0) is 52.9 Å². The van der Waals surface area contributed by atoms with E-state index in [0.717, 1.165) is 19.3 Å². The summed E-state index contributed by atoms with van der Waals surface area (Å²) in [6.45, 7) is 15.3. The summed E-state index contributed by atoms with van der Waals surface area (Å²) in [6.07, 6.45) is 31.9. The summed E-state index contributed by atoms with van der Waals surface area (Å²) in [7, 11) is 0. The van der Waals surface area contributed by atoms with Crippen LogP contribution in [0.1, 0.15) is 203 Å². The van der Waals surface area contributed by atoms with Gasteiger partial charge < -0.3 is 5.32 Å². The minimum atomic E-state index is -0.175. The van der Waals surface area contributed by atoms with Crippen molar-refractivity contribution in [3.05, 3.63) is 0 Å². The summed E-state index contributed by atoms with van der Waals surface area (Å²) in [4.78, 5) is 28.5. The highest BCUT2D eigenvalue weighted by Crippen LogP contribution is 2.39. The Kier molecular flexibility index (Phi) is 18.0. The van der Waals surface area contributed by atoms with Crippen LogP contribution in [0.2, 0.25) is 0 Å². The predicted octanol–water partition coefficient (Wildman–Crippen LogP) is 11.2. The Balaban J connectivity index is 1.46. The second-order valence-corrected chi connectivity index (χ2v) is 16.2. The molecule has 2 heterocycles. The quantitative estimate of drug-likeness (QED) is 0.0883. The maximum Gasteiger partial charge on any atom is 0.233 e. The predicted molar refractivity (Wildman–Crippen MR) is 185 cm³/mol. The standard InChI is InChI=1S/C39H74N2O2/c1-8-9-10-11-12-13-14-15-16-17-18-19-20-21-22-23-24-25-26-27-28-32(2)29-35-33(3)36(42)41(37(35)43)34-30-38(4,5)40-39(6,7)31-34/h32-35,40H,8-31H2,1-7H3. The third-order valence-corrected chi connectivity index (χ3v) is 10.5. The first-order chi connectivity index (χ1) is 20.5. The van der Waals surface area contributed by atoms with Crippen molar-refractivity contribution in [2.24, 2.45) is 17.8 Å². The zero-order valence-electron chi connectivity index (χ0n) is 30.0. The summed E-state index contributed by atoms with van der Waals surface area (Å²) < 4.78 is 0. The Labute approximate surface area is 268 Å². The smallest absolute Gasteiger partial charge is 0.233 e. The monoisotopic (exact) mass is 603 g/mol. The minimum Gasteiger partial charge on any atom is -0.307 e. The molecule has 43 heavy (non-hydrogen) atoms. The van der Waals surface area contributed by atoms with Crippen LogP contribution in [0.4, 0.5) is 0 Å². The number of imide groups is 1. The maximum absolute atomic E-state index is 13.5. The number of piperidine rings is 1. The molecule has 0 radical (unpaired) electrons. The van der Waals surface area contributed by atoms with Gasteiger partial charge in [-0.25, -0.2) is 0 Å². The van der Waals surface area contributed by atoms with E-state index in [0.29, 0.717) is 5.92 Å². The largest absolute Gasteiger partial charge is 0.307 e. The normalized spacial score (nSPS) is 22.9. The number of hydrogen-bond donors (Lipinski definition) is 1. The molecular weight excluding hydrogens is 528 g/mol. The molecule has 252 valence electrons. The van der Waals surface area contributed by atoms with Gasteiger partial charge in [0.05, 0.1) is 5.92 Å². The number of amides is 2. The fourth-order valence-corrected chi connectivity index (χ4v) is 8.31. The van der Waals surface area contributed by atoms with Gasteiger partial charge in [0.2, 0.25) is 11.8 Å². The van der Waals surface area contributed by atoms with E-state index < -0.39 is 0 Å². The summed E-state index contributed by atoms with van der Waals surface area (Å²) in [5.41, 5.74) is -0.151. The van der Waals surface area contributed by atoms with Crippen molar-refractivity contribution >= 4 is 11.8 Å². The van der Waals surface area contributed by atoms with Gasteiger partial charge in [0.25, 0.3) is 0 Å². The molecule has 0 spiro atoms. The lowest BCUT2D eigenvalue weighted by molar-refractivity contribution is -0.144. The molecule has 2 aliphatic heterocycles. The highest BCUT2D eigenvalue weighted by molar-refractivity contribution is 6.05. The molecule has 1 N–H and O–H groups in total. The number of rotatable bonds is 24. The molecule has 0 aliphatic carbocycles. The van der Waals surface area contributed by atoms with Gasteiger partial charge >= 0.3 is 0 Å². The first-order valence-electron chi connectivity index (χ1n) is 19.1. The molecule has 2 aliphatic rings. The van der Waals surface area contributed by atoms with Crippen molar-refractivity contribution in [1.82, 2.24) is 10.2 Å². The number of likely N-dealkylation sites (tertiary alicyclic amines) is 1. The lowest BCUT2D eigenvalue weighted by Crippen LogP contribution is -2.63. The van der Waals surface area contributed by atoms with Crippen molar-refractivity contribution in [1.29, 1.82) is 0 Å². The van der Waals surface area contributed by atoms with Crippen molar-refractivity contribution in [3.63, 3.8) is 0 Å². The van der Waals surface area contributed by atoms with Gasteiger partial charge in [-0.15, -0.1) is 0 Å². The second kappa shape index (κ2) is 20.3. The number of carbonyl (C=O) groups excluding carboxylic acids is 2. The van der Waals surface area contributed by atoms with Gasteiger partial charge in [-0.2, -0.15) is 0 Å². The Morgan fingerprint density at radius 2 is 1.02 bits per heavy atom. The van der Waals surface area contributed by atoms with Crippen molar-refractivity contribution in [3.8, 4) is 0 Å². The zero-order valence-corrected chi connectivity index (χ0v) is 30.0. The summed E-state index contributed by atoms with van der Waals surface area (Å²) in [5, 5.41) is 3.69. The van der Waals surface area contributed by atoms with E-state index in [2.05, 4.69) is 46.9 Å². The van der Waals surface area contributed by atoms with Crippen LogP contribution in [0.15, 0.2) is 0 Å². The number of carbonyl (C=O) groups is 2. The van der Waals surface area contributed by atoms with Gasteiger partial charge in [-0.3, -0.25) is 14.5 Å². The average molecular weight is 603 g/mol. The minimum absolute atomic E-state index is 0.0125. The number of hydrogen-bond acceptors (Lipinski definition) is 3. The number of nitrogens with one attached hydrogen (secondary N) is 1. The fourth-order valence-electron chi connectivity index (χ4n) is 8.31. The lowest BCUT2D eigenvalue weighted by atomic mass is 9.79. The molecule has 2 fully saturated rings. The van der Waals surface area contributed by atoms with Crippen molar-refractivity contribution < 1.29 is 9.59 Å². The van der Waals surface area contributed by atoms with Crippen LogP contribution in [0, 0.1) is 17.8 Å². The van der Waals surface area contributed by atoms with E-state index >= 15 is 0 Å². The molecule has 0 bridgehead atoms. The molecule has 4 heteroatoms. The van der Waals surface area contributed by atoms with Crippen LogP contribution in [-0.4, -0.2) is 33.8 Å². The molecule has 2 saturated heterocycles. The molecule has 0 aromatic rings. The molecule has 3 unspecified atom stereocenters. The van der Waals surface area contributed by atoms with Gasteiger partial charge in [0.15, 0.2) is 0 Å². The first kappa shape index (κ1) is 38.3.